The van der Waals surface area contributed by atoms with Gasteiger partial charge in [-0.15, -0.1) is 0 Å². The first-order valence-electron chi connectivity index (χ1n) is 10.2. The third-order valence-corrected chi connectivity index (χ3v) is 6.15. The Hall–Kier alpha value is -2.27. The number of halogens is 2. The Balaban J connectivity index is 1.93. The summed E-state index contributed by atoms with van der Waals surface area (Å²) in [5.41, 5.74) is 1.22. The highest BCUT2D eigenvalue weighted by molar-refractivity contribution is 14.1. The molecule has 7 nitrogen and oxygen atoms in total. The molecule has 3 rings (SSSR count). The molecule has 0 fully saturated rings. The summed E-state index contributed by atoms with van der Waals surface area (Å²) in [6.07, 6.45) is 2.45. The Bertz CT molecular complexity index is 1230. The molecule has 9 heteroatoms. The highest BCUT2D eigenvalue weighted by Gasteiger charge is 2.15. The summed E-state index contributed by atoms with van der Waals surface area (Å²) in [6.45, 7) is 5.99. The van der Waals surface area contributed by atoms with Crippen LogP contribution in [-0.4, -0.2) is 35.1 Å². The quantitative estimate of drug-likeness (QED) is 0.201. The molecule has 0 saturated carbocycles. The molecule has 32 heavy (non-hydrogen) atoms. The van der Waals surface area contributed by atoms with Crippen molar-refractivity contribution < 1.29 is 14.3 Å². The zero-order chi connectivity index (χ0) is 23.3. The van der Waals surface area contributed by atoms with Crippen LogP contribution in [0.25, 0.3) is 10.9 Å². The van der Waals surface area contributed by atoms with Crippen LogP contribution in [0.15, 0.2) is 50.8 Å². The lowest BCUT2D eigenvalue weighted by molar-refractivity contribution is -0.145. The zero-order valence-electron chi connectivity index (χ0n) is 18.0. The molecule has 0 saturated heterocycles. The summed E-state index contributed by atoms with van der Waals surface area (Å²) in [4.78, 5) is 29.4. The van der Waals surface area contributed by atoms with E-state index in [9.17, 15) is 9.59 Å². The SMILES string of the molecule is CCOC(=O)COc1ccc(C=Nn2c([C@@H](C)CC)nc3ccc(Br)cc3c2=O)cc1I. The molecule has 168 valence electrons. The predicted octanol–water partition coefficient (Wildman–Crippen LogP) is 5.10. The van der Waals surface area contributed by atoms with Crippen molar-refractivity contribution in [3.63, 3.8) is 0 Å². The molecule has 0 aliphatic carbocycles. The Kier molecular flexibility index (Phi) is 8.41. The second-order valence-corrected chi connectivity index (χ2v) is 9.16. The molecular weight excluding hydrogens is 589 g/mol. The third-order valence-electron chi connectivity index (χ3n) is 4.82. The molecule has 3 aromatic rings. The number of carbonyl (C=O) groups is 1. The topological polar surface area (TPSA) is 82.8 Å². The fourth-order valence-electron chi connectivity index (χ4n) is 2.96. The molecule has 0 aliphatic rings. The molecule has 2 aromatic carbocycles. The zero-order valence-corrected chi connectivity index (χ0v) is 21.7. The van der Waals surface area contributed by atoms with Gasteiger partial charge in [-0.3, -0.25) is 4.79 Å². The predicted molar refractivity (Wildman–Crippen MR) is 137 cm³/mol. The van der Waals surface area contributed by atoms with Gasteiger partial charge < -0.3 is 9.47 Å². The number of benzene rings is 2. The summed E-state index contributed by atoms with van der Waals surface area (Å²) in [7, 11) is 0. The van der Waals surface area contributed by atoms with Crippen molar-refractivity contribution in [3.05, 3.63) is 66.2 Å². The second-order valence-electron chi connectivity index (χ2n) is 7.09. The first-order chi connectivity index (χ1) is 15.3. The van der Waals surface area contributed by atoms with E-state index in [1.54, 1.807) is 25.3 Å². The number of aromatic nitrogens is 2. The lowest BCUT2D eigenvalue weighted by atomic mass is 10.1. The number of nitrogens with zero attached hydrogens (tertiary/aromatic N) is 3. The van der Waals surface area contributed by atoms with Crippen LogP contribution in [0.2, 0.25) is 0 Å². The molecule has 0 amide bonds. The summed E-state index contributed by atoms with van der Waals surface area (Å²) < 4.78 is 13.4. The van der Waals surface area contributed by atoms with Gasteiger partial charge in [-0.1, -0.05) is 29.8 Å². The number of hydrogen-bond donors (Lipinski definition) is 0. The van der Waals surface area contributed by atoms with Crippen molar-refractivity contribution in [2.24, 2.45) is 5.10 Å². The van der Waals surface area contributed by atoms with Crippen LogP contribution in [0.3, 0.4) is 0 Å². The third kappa shape index (κ3) is 5.74. The molecule has 1 heterocycles. The van der Waals surface area contributed by atoms with E-state index >= 15 is 0 Å². The lowest BCUT2D eigenvalue weighted by Gasteiger charge is -2.14. The van der Waals surface area contributed by atoms with Crippen molar-refractivity contribution in [2.45, 2.75) is 33.1 Å². The van der Waals surface area contributed by atoms with Crippen LogP contribution in [-0.2, 0) is 9.53 Å². The minimum absolute atomic E-state index is 0.0617. The number of ether oxygens (including phenoxy) is 2. The summed E-state index contributed by atoms with van der Waals surface area (Å²) in [5, 5.41) is 4.98. The van der Waals surface area contributed by atoms with E-state index in [1.165, 1.54) is 4.68 Å². The van der Waals surface area contributed by atoms with Crippen molar-refractivity contribution in [1.82, 2.24) is 9.66 Å². The van der Waals surface area contributed by atoms with Crippen LogP contribution in [0.4, 0.5) is 0 Å². The van der Waals surface area contributed by atoms with Gasteiger partial charge in [0.2, 0.25) is 0 Å². The minimum Gasteiger partial charge on any atom is -0.481 e. The van der Waals surface area contributed by atoms with Crippen LogP contribution >= 0.6 is 38.5 Å². The van der Waals surface area contributed by atoms with Gasteiger partial charge in [-0.25, -0.2) is 9.78 Å². The van der Waals surface area contributed by atoms with Gasteiger partial charge in [0, 0.05) is 10.4 Å². The van der Waals surface area contributed by atoms with Crippen molar-refractivity contribution >= 4 is 61.6 Å². The minimum atomic E-state index is -0.415. The van der Waals surface area contributed by atoms with Crippen LogP contribution < -0.4 is 10.3 Å². The summed E-state index contributed by atoms with van der Waals surface area (Å²) in [6, 6.07) is 10.9. The molecule has 0 radical (unpaired) electrons. The Morgan fingerprint density at radius 1 is 1.28 bits per heavy atom. The molecule has 0 N–H and O–H groups in total. The number of esters is 1. The van der Waals surface area contributed by atoms with E-state index in [-0.39, 0.29) is 18.1 Å². The largest absolute Gasteiger partial charge is 0.481 e. The van der Waals surface area contributed by atoms with E-state index in [2.05, 4.69) is 43.6 Å². The van der Waals surface area contributed by atoms with Gasteiger partial charge >= 0.3 is 5.97 Å². The molecule has 0 spiro atoms. The van der Waals surface area contributed by atoms with E-state index in [1.807, 2.05) is 38.1 Å². The molecule has 1 atom stereocenters. The van der Waals surface area contributed by atoms with Gasteiger partial charge in [-0.2, -0.15) is 9.78 Å². The van der Waals surface area contributed by atoms with E-state index in [0.717, 1.165) is 20.0 Å². The van der Waals surface area contributed by atoms with Crippen LogP contribution in [0, 0.1) is 3.57 Å². The normalized spacial score (nSPS) is 12.3. The van der Waals surface area contributed by atoms with E-state index in [0.29, 0.717) is 29.1 Å². The molecule has 0 unspecified atom stereocenters. The smallest absolute Gasteiger partial charge is 0.344 e. The fraction of sp³-hybridized carbons (Fsp3) is 0.304. The average Bonchev–Trinajstić information content (AvgIpc) is 2.77. The monoisotopic (exact) mass is 611 g/mol. The Labute approximate surface area is 208 Å². The summed E-state index contributed by atoms with van der Waals surface area (Å²) >= 11 is 5.55. The average molecular weight is 612 g/mol. The van der Waals surface area contributed by atoms with Gasteiger partial charge in [0.05, 0.1) is 27.3 Å². The van der Waals surface area contributed by atoms with Gasteiger partial charge in [-0.05, 0) is 77.9 Å². The van der Waals surface area contributed by atoms with Gasteiger partial charge in [0.25, 0.3) is 5.56 Å². The highest BCUT2D eigenvalue weighted by Crippen LogP contribution is 2.23. The van der Waals surface area contributed by atoms with Crippen LogP contribution in [0.5, 0.6) is 5.75 Å². The molecule has 1 aromatic heterocycles. The molecule has 0 bridgehead atoms. The standard InChI is InChI=1S/C23H23BrIN3O4/c1-4-14(3)22-27-19-8-7-16(24)11-17(19)23(30)28(22)26-12-15-6-9-20(18(25)10-15)32-13-21(29)31-5-2/h6-12,14H,4-5,13H2,1-3H3/t14-/m0/s1. The lowest BCUT2D eigenvalue weighted by Crippen LogP contribution is -2.23. The number of fused-ring (bicyclic) bond motifs is 1. The van der Waals surface area contributed by atoms with Gasteiger partial charge in [0.15, 0.2) is 6.61 Å². The maximum atomic E-state index is 13.2. The van der Waals surface area contributed by atoms with E-state index < -0.39 is 5.97 Å². The first-order valence-corrected chi connectivity index (χ1v) is 12.1. The van der Waals surface area contributed by atoms with Crippen LogP contribution in [0.1, 0.15) is 44.5 Å². The highest BCUT2D eigenvalue weighted by atomic mass is 127. The second kappa shape index (κ2) is 11.0. The first kappa shape index (κ1) is 24.4. The fourth-order valence-corrected chi connectivity index (χ4v) is 4.01. The number of rotatable bonds is 8. The molecular formula is C23H23BrIN3O4. The number of carbonyl (C=O) groups excluding carboxylic acids is 1. The van der Waals surface area contributed by atoms with Crippen molar-refractivity contribution in [3.8, 4) is 5.75 Å². The number of hydrogen-bond acceptors (Lipinski definition) is 6. The Morgan fingerprint density at radius 2 is 2.06 bits per heavy atom. The van der Waals surface area contributed by atoms with Crippen molar-refractivity contribution in [2.75, 3.05) is 13.2 Å². The van der Waals surface area contributed by atoms with Gasteiger partial charge in [0.1, 0.15) is 11.6 Å². The maximum Gasteiger partial charge on any atom is 0.344 e. The Morgan fingerprint density at radius 3 is 2.75 bits per heavy atom. The maximum absolute atomic E-state index is 13.2. The van der Waals surface area contributed by atoms with Crippen molar-refractivity contribution in [1.29, 1.82) is 0 Å². The van der Waals surface area contributed by atoms with E-state index in [4.69, 9.17) is 14.5 Å². The summed E-state index contributed by atoms with van der Waals surface area (Å²) in [5.74, 6) is 0.839. The molecule has 0 aliphatic heterocycles.